The fraction of sp³-hybridized carbons (Fsp3) is 0.231. The molecule has 0 bridgehead atoms. The van der Waals surface area contributed by atoms with E-state index in [1.54, 1.807) is 24.7 Å². The van der Waals surface area contributed by atoms with Crippen LogP contribution in [-0.4, -0.2) is 9.97 Å². The predicted octanol–water partition coefficient (Wildman–Crippen LogP) is 2.72. The zero-order valence-corrected chi connectivity index (χ0v) is 9.23. The van der Waals surface area contributed by atoms with E-state index in [2.05, 4.69) is 15.3 Å². The van der Waals surface area contributed by atoms with Crippen LogP contribution in [0.5, 0.6) is 0 Å². The van der Waals surface area contributed by atoms with E-state index < -0.39 is 0 Å². The monoisotopic (exact) mass is 229 g/mol. The Morgan fingerprint density at radius 2 is 2.24 bits per heavy atom. The smallest absolute Gasteiger partial charge is 0.144 e. The van der Waals surface area contributed by atoms with Crippen LogP contribution in [0.25, 0.3) is 0 Å². The van der Waals surface area contributed by atoms with Crippen LogP contribution in [0.4, 0.5) is 10.2 Å². The minimum atomic E-state index is -0.163. The molecular formula is C13H12FN3. The fourth-order valence-electron chi connectivity index (χ4n) is 2.29. The van der Waals surface area contributed by atoms with Crippen molar-refractivity contribution < 1.29 is 4.39 Å². The quantitative estimate of drug-likeness (QED) is 0.860. The van der Waals surface area contributed by atoms with Crippen molar-refractivity contribution in [3.63, 3.8) is 0 Å². The third kappa shape index (κ3) is 1.98. The number of rotatable bonds is 2. The van der Waals surface area contributed by atoms with Gasteiger partial charge in [-0.1, -0.05) is 6.07 Å². The van der Waals surface area contributed by atoms with Crippen molar-refractivity contribution in [2.45, 2.75) is 18.9 Å². The van der Waals surface area contributed by atoms with Gasteiger partial charge in [0.15, 0.2) is 0 Å². The second-order valence-corrected chi connectivity index (χ2v) is 4.17. The zero-order chi connectivity index (χ0) is 11.7. The molecule has 1 atom stereocenters. The lowest BCUT2D eigenvalue weighted by molar-refractivity contribution is 0.626. The van der Waals surface area contributed by atoms with Crippen LogP contribution in [0.1, 0.15) is 23.6 Å². The number of halogens is 1. The summed E-state index contributed by atoms with van der Waals surface area (Å²) in [5.74, 6) is 0.596. The first-order valence-electron chi connectivity index (χ1n) is 5.64. The van der Waals surface area contributed by atoms with E-state index in [-0.39, 0.29) is 11.9 Å². The number of hydrogen-bond acceptors (Lipinski definition) is 3. The standard InChI is InChI=1S/C13H12FN3/c14-10-2-3-11-9(7-10)1-4-12(11)17-13-8-15-5-6-16-13/h2-3,5-8,12H,1,4H2,(H,16,17). The highest BCUT2D eigenvalue weighted by molar-refractivity contribution is 5.42. The van der Waals surface area contributed by atoms with Gasteiger partial charge in [-0.15, -0.1) is 0 Å². The highest BCUT2D eigenvalue weighted by atomic mass is 19.1. The summed E-state index contributed by atoms with van der Waals surface area (Å²) in [4.78, 5) is 8.20. The molecule has 1 N–H and O–H groups in total. The van der Waals surface area contributed by atoms with Crippen molar-refractivity contribution in [1.82, 2.24) is 9.97 Å². The second-order valence-electron chi connectivity index (χ2n) is 4.17. The molecule has 0 amide bonds. The maximum Gasteiger partial charge on any atom is 0.144 e. The largest absolute Gasteiger partial charge is 0.362 e. The molecular weight excluding hydrogens is 217 g/mol. The van der Waals surface area contributed by atoms with Crippen LogP contribution in [0.2, 0.25) is 0 Å². The molecule has 4 heteroatoms. The second kappa shape index (κ2) is 4.13. The molecule has 1 aromatic heterocycles. The van der Waals surface area contributed by atoms with E-state index in [1.165, 1.54) is 6.07 Å². The minimum absolute atomic E-state index is 0.163. The molecule has 3 nitrogen and oxygen atoms in total. The van der Waals surface area contributed by atoms with Gasteiger partial charge < -0.3 is 5.32 Å². The van der Waals surface area contributed by atoms with Gasteiger partial charge in [-0.2, -0.15) is 0 Å². The Kier molecular flexibility index (Phi) is 2.48. The zero-order valence-electron chi connectivity index (χ0n) is 9.23. The van der Waals surface area contributed by atoms with Crippen LogP contribution < -0.4 is 5.32 Å². The Bertz CT molecular complexity index is 527. The van der Waals surface area contributed by atoms with Crippen LogP contribution in [0.15, 0.2) is 36.8 Å². The molecule has 0 aliphatic heterocycles. The molecule has 17 heavy (non-hydrogen) atoms. The molecule has 1 aromatic carbocycles. The average molecular weight is 229 g/mol. The summed E-state index contributed by atoms with van der Waals surface area (Å²) in [6, 6.07) is 5.19. The average Bonchev–Trinajstić information content (AvgIpc) is 2.73. The number of aryl methyl sites for hydroxylation is 1. The van der Waals surface area contributed by atoms with E-state index in [0.717, 1.165) is 29.8 Å². The Morgan fingerprint density at radius 1 is 1.29 bits per heavy atom. The molecule has 0 radical (unpaired) electrons. The van der Waals surface area contributed by atoms with Crippen molar-refractivity contribution in [2.75, 3.05) is 5.32 Å². The van der Waals surface area contributed by atoms with Crippen LogP contribution in [0.3, 0.4) is 0 Å². The normalized spacial score (nSPS) is 17.8. The van der Waals surface area contributed by atoms with Crippen molar-refractivity contribution in [3.05, 3.63) is 53.7 Å². The number of nitrogens with one attached hydrogen (secondary N) is 1. The van der Waals surface area contributed by atoms with Gasteiger partial charge in [0.2, 0.25) is 0 Å². The lowest BCUT2D eigenvalue weighted by Gasteiger charge is -2.14. The number of nitrogens with zero attached hydrogens (tertiary/aromatic N) is 2. The third-order valence-electron chi connectivity index (χ3n) is 3.07. The van der Waals surface area contributed by atoms with Gasteiger partial charge in [0.05, 0.1) is 12.2 Å². The summed E-state index contributed by atoms with van der Waals surface area (Å²) in [6.45, 7) is 0. The third-order valence-corrected chi connectivity index (χ3v) is 3.07. The number of aromatic nitrogens is 2. The lowest BCUT2D eigenvalue weighted by Crippen LogP contribution is -2.08. The molecule has 2 aromatic rings. The van der Waals surface area contributed by atoms with Crippen LogP contribution in [-0.2, 0) is 6.42 Å². The summed E-state index contributed by atoms with van der Waals surface area (Å²) in [6.07, 6.45) is 6.87. The van der Waals surface area contributed by atoms with E-state index in [4.69, 9.17) is 0 Å². The first-order chi connectivity index (χ1) is 8.33. The van der Waals surface area contributed by atoms with Crippen molar-refractivity contribution in [3.8, 4) is 0 Å². The molecule has 1 unspecified atom stereocenters. The summed E-state index contributed by atoms with van der Waals surface area (Å²) < 4.78 is 13.1. The lowest BCUT2D eigenvalue weighted by atomic mass is 10.1. The number of benzene rings is 1. The summed E-state index contributed by atoms with van der Waals surface area (Å²) in [5, 5.41) is 3.32. The van der Waals surface area contributed by atoms with Gasteiger partial charge in [-0.05, 0) is 36.1 Å². The van der Waals surface area contributed by atoms with E-state index in [0.29, 0.717) is 0 Å². The van der Waals surface area contributed by atoms with Crippen molar-refractivity contribution in [1.29, 1.82) is 0 Å². The van der Waals surface area contributed by atoms with Crippen molar-refractivity contribution >= 4 is 5.82 Å². The molecule has 86 valence electrons. The molecule has 3 rings (SSSR count). The number of anilines is 1. The minimum Gasteiger partial charge on any atom is -0.362 e. The van der Waals surface area contributed by atoms with Gasteiger partial charge in [-0.3, -0.25) is 4.98 Å². The van der Waals surface area contributed by atoms with Gasteiger partial charge in [0.1, 0.15) is 11.6 Å². The van der Waals surface area contributed by atoms with E-state index in [9.17, 15) is 4.39 Å². The Hall–Kier alpha value is -1.97. The van der Waals surface area contributed by atoms with Gasteiger partial charge in [0, 0.05) is 12.4 Å². The van der Waals surface area contributed by atoms with Crippen LogP contribution in [0, 0.1) is 5.82 Å². The maximum atomic E-state index is 13.1. The Morgan fingerprint density at radius 3 is 3.06 bits per heavy atom. The molecule has 1 heterocycles. The van der Waals surface area contributed by atoms with Gasteiger partial charge in [0.25, 0.3) is 0 Å². The molecule has 0 saturated heterocycles. The van der Waals surface area contributed by atoms with E-state index >= 15 is 0 Å². The highest BCUT2D eigenvalue weighted by Gasteiger charge is 2.22. The van der Waals surface area contributed by atoms with E-state index in [1.807, 2.05) is 6.07 Å². The Balaban J connectivity index is 1.85. The summed E-state index contributed by atoms with van der Waals surface area (Å²) >= 11 is 0. The van der Waals surface area contributed by atoms with Crippen LogP contribution >= 0.6 is 0 Å². The van der Waals surface area contributed by atoms with Gasteiger partial charge in [-0.25, -0.2) is 9.37 Å². The first-order valence-corrected chi connectivity index (χ1v) is 5.64. The summed E-state index contributed by atoms with van der Waals surface area (Å²) in [5.41, 5.74) is 2.25. The molecule has 1 aliphatic rings. The SMILES string of the molecule is Fc1ccc2c(c1)CCC2Nc1cnccn1. The highest BCUT2D eigenvalue weighted by Crippen LogP contribution is 2.33. The maximum absolute atomic E-state index is 13.1. The molecule has 1 aliphatic carbocycles. The number of fused-ring (bicyclic) bond motifs is 1. The Labute approximate surface area is 98.7 Å². The van der Waals surface area contributed by atoms with Gasteiger partial charge >= 0.3 is 0 Å². The number of hydrogen-bond donors (Lipinski definition) is 1. The molecule has 0 spiro atoms. The molecule has 0 saturated carbocycles. The topological polar surface area (TPSA) is 37.8 Å². The first kappa shape index (κ1) is 10.2. The van der Waals surface area contributed by atoms with Crippen molar-refractivity contribution in [2.24, 2.45) is 0 Å². The summed E-state index contributed by atoms with van der Waals surface area (Å²) in [7, 11) is 0. The predicted molar refractivity (Wildman–Crippen MR) is 63.1 cm³/mol. The fourth-order valence-corrected chi connectivity index (χ4v) is 2.29. The molecule has 0 fully saturated rings.